The summed E-state index contributed by atoms with van der Waals surface area (Å²) in [6.07, 6.45) is 7.11. The number of hydrogen-bond donors (Lipinski definition) is 0. The summed E-state index contributed by atoms with van der Waals surface area (Å²) in [7, 11) is 0. The van der Waals surface area contributed by atoms with Crippen molar-refractivity contribution in [2.75, 3.05) is 4.90 Å². The van der Waals surface area contributed by atoms with Crippen molar-refractivity contribution >= 4 is 81.1 Å². The minimum absolute atomic E-state index is 0.387. The molecule has 0 N–H and O–H groups in total. The fraction of sp³-hybridized carbons (Fsp3) is 0.175. The molecule has 3 aliphatic carbocycles. The van der Waals surface area contributed by atoms with Crippen LogP contribution in [0.25, 0.3) is 80.7 Å². The van der Waals surface area contributed by atoms with Crippen molar-refractivity contribution in [1.29, 1.82) is 0 Å². The molecule has 3 heteroatoms. The summed E-state index contributed by atoms with van der Waals surface area (Å²) in [5, 5.41) is 7.75. The van der Waals surface area contributed by atoms with Gasteiger partial charge in [-0.05, 0) is 173 Å². The largest absolute Gasteiger partial charge is 0.310 e. The molecule has 318 valence electrons. The average molecular weight is 867 g/mol. The lowest BCUT2D eigenvalue weighted by Gasteiger charge is -2.42. The van der Waals surface area contributed by atoms with Crippen LogP contribution in [0.15, 0.2) is 200 Å². The van der Waals surface area contributed by atoms with Crippen LogP contribution in [0.3, 0.4) is 0 Å². The summed E-state index contributed by atoms with van der Waals surface area (Å²) < 4.78 is 5.07. The van der Waals surface area contributed by atoms with Crippen LogP contribution in [0.5, 0.6) is 0 Å². The lowest BCUT2D eigenvalue weighted by molar-refractivity contribution is 0.0780. The Balaban J connectivity index is 0.821. The van der Waals surface area contributed by atoms with Gasteiger partial charge in [0.05, 0.1) is 11.0 Å². The number of benzene rings is 9. The van der Waals surface area contributed by atoms with E-state index >= 15 is 0 Å². The van der Waals surface area contributed by atoms with Gasteiger partial charge in [0.25, 0.3) is 0 Å². The minimum atomic E-state index is 0.387. The summed E-state index contributed by atoms with van der Waals surface area (Å²) >= 11 is 1.87. The van der Waals surface area contributed by atoms with Crippen molar-refractivity contribution in [1.82, 2.24) is 4.57 Å². The third-order valence-corrected chi connectivity index (χ3v) is 17.4. The van der Waals surface area contributed by atoms with Crippen LogP contribution >= 0.6 is 11.3 Å². The fourth-order valence-electron chi connectivity index (χ4n) is 13.4. The monoisotopic (exact) mass is 866 g/mol. The van der Waals surface area contributed by atoms with Crippen LogP contribution < -0.4 is 4.90 Å². The van der Waals surface area contributed by atoms with Gasteiger partial charge >= 0.3 is 0 Å². The number of nitrogens with zero attached hydrogens (tertiary/aromatic N) is 2. The summed E-state index contributed by atoms with van der Waals surface area (Å²) in [5.41, 5.74) is 13.9. The van der Waals surface area contributed by atoms with Crippen LogP contribution in [-0.2, 0) is 5.41 Å². The van der Waals surface area contributed by atoms with Crippen molar-refractivity contribution < 1.29 is 0 Å². The van der Waals surface area contributed by atoms with Gasteiger partial charge in [-0.15, -0.1) is 11.3 Å². The first-order chi connectivity index (χ1) is 32.5. The number of anilines is 3. The molecule has 0 spiro atoms. The van der Waals surface area contributed by atoms with Crippen molar-refractivity contribution in [3.05, 3.63) is 206 Å². The second-order valence-electron chi connectivity index (χ2n) is 20.0. The van der Waals surface area contributed by atoms with E-state index in [1.807, 2.05) is 11.3 Å². The summed E-state index contributed by atoms with van der Waals surface area (Å²) in [6.45, 7) is 2.51. The zero-order valence-corrected chi connectivity index (χ0v) is 38.0. The summed E-state index contributed by atoms with van der Waals surface area (Å²) in [4.78, 5) is 2.43. The highest BCUT2D eigenvalue weighted by Crippen LogP contribution is 2.65. The van der Waals surface area contributed by atoms with E-state index in [0.29, 0.717) is 5.41 Å². The normalized spacial score (nSPS) is 21.2. The maximum atomic E-state index is 2.51. The van der Waals surface area contributed by atoms with E-state index in [4.69, 9.17) is 0 Å². The molecule has 3 saturated carbocycles. The molecule has 66 heavy (non-hydrogen) atoms. The van der Waals surface area contributed by atoms with Crippen LogP contribution in [0.4, 0.5) is 17.1 Å². The molecule has 3 fully saturated rings. The van der Waals surface area contributed by atoms with E-state index in [1.54, 1.807) is 5.56 Å². The predicted molar refractivity (Wildman–Crippen MR) is 281 cm³/mol. The molecule has 2 heterocycles. The third-order valence-electron chi connectivity index (χ3n) is 16.2. The Labute approximate surface area is 390 Å². The number of hydrogen-bond acceptors (Lipinski definition) is 2. The number of aromatic nitrogens is 1. The molecule has 2 nitrogen and oxygen atoms in total. The molecule has 3 unspecified atom stereocenters. The molecule has 9 aromatic carbocycles. The molecule has 0 saturated heterocycles. The molecule has 5 atom stereocenters. The van der Waals surface area contributed by atoms with Crippen LogP contribution in [0.2, 0.25) is 0 Å². The van der Waals surface area contributed by atoms with E-state index in [1.165, 1.54) is 107 Å². The first-order valence-corrected chi connectivity index (χ1v) is 24.9. The van der Waals surface area contributed by atoms with Gasteiger partial charge in [0.2, 0.25) is 0 Å². The zero-order chi connectivity index (χ0) is 43.5. The molecule has 0 amide bonds. The molecule has 2 aromatic heterocycles. The van der Waals surface area contributed by atoms with E-state index in [0.717, 1.165) is 46.4 Å². The predicted octanol–water partition coefficient (Wildman–Crippen LogP) is 17.8. The van der Waals surface area contributed by atoms with Crippen LogP contribution in [-0.4, -0.2) is 4.57 Å². The Morgan fingerprint density at radius 1 is 0.470 bits per heavy atom. The number of fused-ring (bicyclic) bond motifs is 9. The summed E-state index contributed by atoms with van der Waals surface area (Å²) in [5.74, 6) is 3.77. The SMILES string of the molecule is C[C@H]1CC2C[C@H]3CC(c4ccc(-c5ccc(N(c6ccc(-c7cccc(-n8c9ccccc9c9c%10ccccc%10ccc98)c7)cc6)c6ccc7sc8ccccc8c7c6)cc5)cc4)(CC23)C1. The Hall–Kier alpha value is -6.94. The van der Waals surface area contributed by atoms with Crippen molar-refractivity contribution in [2.45, 2.75) is 44.4 Å². The van der Waals surface area contributed by atoms with Crippen molar-refractivity contribution in [3.8, 4) is 27.9 Å². The molecule has 0 radical (unpaired) electrons. The number of rotatable bonds is 7. The minimum Gasteiger partial charge on any atom is -0.310 e. The van der Waals surface area contributed by atoms with E-state index in [-0.39, 0.29) is 0 Å². The van der Waals surface area contributed by atoms with Gasteiger partial charge in [0.1, 0.15) is 0 Å². The second kappa shape index (κ2) is 14.8. The van der Waals surface area contributed by atoms with Crippen LogP contribution in [0.1, 0.15) is 44.6 Å². The van der Waals surface area contributed by atoms with Gasteiger partial charge in [-0.1, -0.05) is 134 Å². The van der Waals surface area contributed by atoms with Gasteiger partial charge in [-0.25, -0.2) is 0 Å². The van der Waals surface area contributed by atoms with Gasteiger partial charge in [-0.2, -0.15) is 0 Å². The Morgan fingerprint density at radius 2 is 1.14 bits per heavy atom. The molecule has 3 aliphatic rings. The lowest BCUT2D eigenvalue weighted by atomic mass is 9.63. The fourth-order valence-corrected chi connectivity index (χ4v) is 14.4. The van der Waals surface area contributed by atoms with Gasteiger partial charge < -0.3 is 9.47 Å². The molecule has 2 bridgehead atoms. The maximum Gasteiger partial charge on any atom is 0.0547 e. The topological polar surface area (TPSA) is 8.17 Å². The van der Waals surface area contributed by atoms with Crippen molar-refractivity contribution in [3.63, 3.8) is 0 Å². The van der Waals surface area contributed by atoms with Gasteiger partial charge in [0.15, 0.2) is 0 Å². The quantitative estimate of drug-likeness (QED) is 0.155. The van der Waals surface area contributed by atoms with Crippen molar-refractivity contribution in [2.24, 2.45) is 23.7 Å². The Morgan fingerprint density at radius 3 is 1.94 bits per heavy atom. The first-order valence-electron chi connectivity index (χ1n) is 24.1. The molecular weight excluding hydrogens is 817 g/mol. The van der Waals surface area contributed by atoms with Gasteiger partial charge in [-0.3, -0.25) is 0 Å². The maximum absolute atomic E-state index is 2.51. The Bertz CT molecular complexity index is 3670. The average Bonchev–Trinajstić information content (AvgIpc) is 3.98. The molecular formula is C63H50N2S. The molecule has 0 aliphatic heterocycles. The molecule has 11 aromatic rings. The Kier molecular flexibility index (Phi) is 8.59. The van der Waals surface area contributed by atoms with E-state index in [9.17, 15) is 0 Å². The lowest BCUT2D eigenvalue weighted by Crippen LogP contribution is -2.34. The van der Waals surface area contributed by atoms with Crippen LogP contribution in [0, 0.1) is 23.7 Å². The highest BCUT2D eigenvalue weighted by atomic mass is 32.1. The van der Waals surface area contributed by atoms with Gasteiger partial charge in [0, 0.05) is 53.7 Å². The first kappa shape index (κ1) is 38.3. The number of thiophene rings is 1. The number of para-hydroxylation sites is 1. The smallest absolute Gasteiger partial charge is 0.0547 e. The highest BCUT2D eigenvalue weighted by Gasteiger charge is 2.57. The van der Waals surface area contributed by atoms with E-state index in [2.05, 4.69) is 217 Å². The molecule has 14 rings (SSSR count). The summed E-state index contributed by atoms with van der Waals surface area (Å²) in [6, 6.07) is 75.1. The highest BCUT2D eigenvalue weighted by molar-refractivity contribution is 7.25. The van der Waals surface area contributed by atoms with E-state index < -0.39 is 0 Å². The zero-order valence-electron chi connectivity index (χ0n) is 37.2. The second-order valence-corrected chi connectivity index (χ2v) is 21.1. The third kappa shape index (κ3) is 5.99. The standard InChI is InChI=1S/C63H50N2S/c1-40-33-46-34-47-38-63(37-40,39-57(46)47)48-24-17-41(18-25-48)42-19-26-49(27-20-42)64(52-30-32-61-56(36-52)54-13-5-7-16-60(54)66-61)50-28-21-43(22-29-50)45-10-8-11-51(35-45)65-58-15-6-4-14-55(58)62-53-12-3-2-9-44(53)23-31-59(62)65/h2-32,35-36,40,46-47,57H,33-34,37-39H2,1H3/t40-,46?,47-,57?,63?/m0/s1.